The summed E-state index contributed by atoms with van der Waals surface area (Å²) in [4.78, 5) is 20.8. The maximum absolute atomic E-state index is 13.3. The lowest BCUT2D eigenvalue weighted by atomic mass is 9.86. The van der Waals surface area contributed by atoms with E-state index in [-0.39, 0.29) is 11.3 Å². The van der Waals surface area contributed by atoms with Gasteiger partial charge >= 0.3 is 0 Å². The number of carbonyl (C=O) groups excluding carboxylic acids is 1. The molecule has 1 saturated carbocycles. The second-order valence-electron chi connectivity index (χ2n) is 8.79. The highest BCUT2D eigenvalue weighted by Gasteiger charge is 2.50. The molecule has 1 aliphatic carbocycles. The van der Waals surface area contributed by atoms with Crippen molar-refractivity contribution in [3.05, 3.63) is 71.3 Å². The topological polar surface area (TPSA) is 32.7 Å². The third kappa shape index (κ3) is 3.20. The maximum atomic E-state index is 13.3. The molecule has 0 N–H and O–H groups in total. The smallest absolute Gasteiger partial charge is 0.260 e. The van der Waals surface area contributed by atoms with Gasteiger partial charge in [0.2, 0.25) is 0 Å². The molecule has 1 amide bonds. The van der Waals surface area contributed by atoms with Crippen LogP contribution in [0.15, 0.2) is 59.6 Å². The Morgan fingerprint density at radius 1 is 1.00 bits per heavy atom. The third-order valence-electron chi connectivity index (χ3n) is 5.79. The molecule has 4 heteroatoms. The summed E-state index contributed by atoms with van der Waals surface area (Å²) in [7, 11) is 0. The monoisotopic (exact) mass is 390 g/mol. The number of thiocarbonyl (C=S) groups is 1. The van der Waals surface area contributed by atoms with Crippen molar-refractivity contribution in [1.29, 1.82) is 0 Å². The first-order chi connectivity index (χ1) is 13.3. The van der Waals surface area contributed by atoms with E-state index in [0.29, 0.717) is 10.6 Å². The molecule has 2 aromatic rings. The summed E-state index contributed by atoms with van der Waals surface area (Å²) in [5.74, 6) is -0.0439. The zero-order valence-electron chi connectivity index (χ0n) is 16.7. The van der Waals surface area contributed by atoms with E-state index in [9.17, 15) is 4.79 Å². The van der Waals surface area contributed by atoms with Gasteiger partial charge in [-0.3, -0.25) is 14.7 Å². The van der Waals surface area contributed by atoms with Crippen molar-refractivity contribution in [2.75, 3.05) is 0 Å². The SMILES string of the molecule is CC(C)(C)c1ccc(C2=NC3(CCCC3)N(C(=O)c3ccccc3)C2=S)cc1. The highest BCUT2D eigenvalue weighted by Crippen LogP contribution is 2.42. The summed E-state index contributed by atoms with van der Waals surface area (Å²) in [6, 6.07) is 17.9. The first-order valence-electron chi connectivity index (χ1n) is 9.97. The van der Waals surface area contributed by atoms with E-state index in [0.717, 1.165) is 37.0 Å². The summed E-state index contributed by atoms with van der Waals surface area (Å²) in [6.45, 7) is 6.61. The average molecular weight is 391 g/mol. The van der Waals surface area contributed by atoms with Gasteiger partial charge in [0, 0.05) is 11.1 Å². The quantitative estimate of drug-likeness (QED) is 0.632. The Labute approximate surface area is 172 Å². The van der Waals surface area contributed by atoms with Crippen LogP contribution in [0.4, 0.5) is 0 Å². The van der Waals surface area contributed by atoms with E-state index in [1.165, 1.54) is 5.56 Å². The molecule has 0 aromatic heterocycles. The van der Waals surface area contributed by atoms with E-state index >= 15 is 0 Å². The lowest BCUT2D eigenvalue weighted by molar-refractivity contribution is 0.0724. The molecule has 0 unspecified atom stereocenters. The van der Waals surface area contributed by atoms with Crippen LogP contribution in [0.25, 0.3) is 0 Å². The molecule has 0 bridgehead atoms. The van der Waals surface area contributed by atoms with E-state index < -0.39 is 5.66 Å². The predicted molar refractivity (Wildman–Crippen MR) is 118 cm³/mol. The highest BCUT2D eigenvalue weighted by atomic mass is 32.1. The number of rotatable bonds is 2. The Morgan fingerprint density at radius 3 is 2.18 bits per heavy atom. The molecule has 144 valence electrons. The first kappa shape index (κ1) is 19.0. The minimum absolute atomic E-state index is 0.0439. The Kier molecular flexibility index (Phi) is 4.70. The van der Waals surface area contributed by atoms with Gasteiger partial charge < -0.3 is 0 Å². The normalized spacial score (nSPS) is 18.6. The molecule has 1 aliphatic heterocycles. The molecule has 3 nitrogen and oxygen atoms in total. The van der Waals surface area contributed by atoms with E-state index in [1.54, 1.807) is 4.90 Å². The van der Waals surface area contributed by atoms with Crippen LogP contribution in [0, 0.1) is 0 Å². The molecule has 0 atom stereocenters. The summed E-state index contributed by atoms with van der Waals surface area (Å²) >= 11 is 5.81. The van der Waals surface area contributed by atoms with Gasteiger partial charge in [-0.1, -0.05) is 75.5 Å². The van der Waals surface area contributed by atoms with Crippen molar-refractivity contribution in [2.45, 2.75) is 57.5 Å². The van der Waals surface area contributed by atoms with Crippen molar-refractivity contribution in [3.8, 4) is 0 Å². The fourth-order valence-electron chi connectivity index (χ4n) is 4.18. The van der Waals surface area contributed by atoms with E-state index in [2.05, 4.69) is 45.0 Å². The third-order valence-corrected chi connectivity index (χ3v) is 6.17. The second kappa shape index (κ2) is 6.93. The standard InChI is InChI=1S/C24H26N2OS/c1-23(2,3)19-13-11-17(12-14-19)20-22(28)26(24(25-20)15-7-8-16-24)21(27)18-9-5-4-6-10-18/h4-6,9-14H,7-8,15-16H2,1-3H3. The van der Waals surface area contributed by atoms with Gasteiger partial charge in [0.25, 0.3) is 5.91 Å². The highest BCUT2D eigenvalue weighted by molar-refractivity contribution is 7.82. The molecule has 0 radical (unpaired) electrons. The summed E-state index contributed by atoms with van der Waals surface area (Å²) in [5.41, 5.74) is 3.29. The molecule has 2 aliphatic rings. The van der Waals surface area contributed by atoms with Crippen molar-refractivity contribution >= 4 is 28.8 Å². The fraction of sp³-hybridized carbons (Fsp3) is 0.375. The predicted octanol–water partition coefficient (Wildman–Crippen LogP) is 5.53. The lowest BCUT2D eigenvalue weighted by Gasteiger charge is -2.32. The number of benzene rings is 2. The zero-order chi connectivity index (χ0) is 19.9. The number of aliphatic imine (C=N–C) groups is 1. The van der Waals surface area contributed by atoms with Gasteiger partial charge in [-0.05, 0) is 48.8 Å². The van der Waals surface area contributed by atoms with Crippen LogP contribution in [0.3, 0.4) is 0 Å². The maximum Gasteiger partial charge on any atom is 0.260 e. The van der Waals surface area contributed by atoms with Crippen molar-refractivity contribution in [1.82, 2.24) is 4.90 Å². The summed E-state index contributed by atoms with van der Waals surface area (Å²) in [5, 5.41) is 0. The molecule has 28 heavy (non-hydrogen) atoms. The van der Waals surface area contributed by atoms with Crippen LogP contribution in [-0.2, 0) is 5.41 Å². The summed E-state index contributed by atoms with van der Waals surface area (Å²) < 4.78 is 0. The molecular weight excluding hydrogens is 364 g/mol. The largest absolute Gasteiger partial charge is 0.271 e. The van der Waals surface area contributed by atoms with Gasteiger partial charge in [0.05, 0.1) is 0 Å². The van der Waals surface area contributed by atoms with Gasteiger partial charge in [0.15, 0.2) is 0 Å². The number of hydrogen-bond acceptors (Lipinski definition) is 3. The molecule has 1 spiro atoms. The molecule has 1 fully saturated rings. The zero-order valence-corrected chi connectivity index (χ0v) is 17.6. The Balaban J connectivity index is 1.72. The molecular formula is C24H26N2OS. The number of carbonyl (C=O) groups is 1. The van der Waals surface area contributed by atoms with Gasteiger partial charge in [-0.15, -0.1) is 0 Å². The molecule has 4 rings (SSSR count). The summed E-state index contributed by atoms with van der Waals surface area (Å²) in [6.07, 6.45) is 3.88. The Hall–Kier alpha value is -2.33. The van der Waals surface area contributed by atoms with Gasteiger partial charge in [-0.2, -0.15) is 0 Å². The van der Waals surface area contributed by atoms with Crippen LogP contribution in [0.2, 0.25) is 0 Å². The van der Waals surface area contributed by atoms with Crippen LogP contribution in [0.1, 0.15) is 67.9 Å². The average Bonchev–Trinajstić information content (AvgIpc) is 3.26. The van der Waals surface area contributed by atoms with Crippen LogP contribution in [-0.4, -0.2) is 27.2 Å². The van der Waals surface area contributed by atoms with Crippen LogP contribution < -0.4 is 0 Å². The second-order valence-corrected chi connectivity index (χ2v) is 9.18. The van der Waals surface area contributed by atoms with E-state index in [1.807, 2.05) is 30.3 Å². The Morgan fingerprint density at radius 2 is 1.61 bits per heavy atom. The van der Waals surface area contributed by atoms with Crippen LogP contribution >= 0.6 is 12.2 Å². The van der Waals surface area contributed by atoms with Crippen LogP contribution in [0.5, 0.6) is 0 Å². The number of nitrogens with zero attached hydrogens (tertiary/aromatic N) is 2. The number of amides is 1. The number of hydrogen-bond donors (Lipinski definition) is 0. The lowest BCUT2D eigenvalue weighted by Crippen LogP contribution is -2.48. The molecule has 2 aromatic carbocycles. The minimum Gasteiger partial charge on any atom is -0.271 e. The fourth-order valence-corrected chi connectivity index (χ4v) is 4.60. The Bertz CT molecular complexity index is 933. The van der Waals surface area contributed by atoms with Gasteiger partial charge in [0.1, 0.15) is 16.4 Å². The minimum atomic E-state index is -0.512. The van der Waals surface area contributed by atoms with Crippen molar-refractivity contribution in [2.24, 2.45) is 4.99 Å². The molecule has 0 saturated heterocycles. The first-order valence-corrected chi connectivity index (χ1v) is 10.4. The molecule has 1 heterocycles. The van der Waals surface area contributed by atoms with E-state index in [4.69, 9.17) is 17.2 Å². The van der Waals surface area contributed by atoms with Crippen molar-refractivity contribution < 1.29 is 4.79 Å². The van der Waals surface area contributed by atoms with Crippen molar-refractivity contribution in [3.63, 3.8) is 0 Å². The van der Waals surface area contributed by atoms with Gasteiger partial charge in [-0.25, -0.2) is 0 Å².